The van der Waals surface area contributed by atoms with Gasteiger partial charge in [0.15, 0.2) is 6.61 Å². The van der Waals surface area contributed by atoms with Gasteiger partial charge in [0.1, 0.15) is 4.90 Å². The number of carboxylic acid groups (broad SMARTS) is 1. The fourth-order valence-electron chi connectivity index (χ4n) is 2.26. The van der Waals surface area contributed by atoms with Crippen LogP contribution in [0, 0.1) is 6.92 Å². The van der Waals surface area contributed by atoms with Crippen molar-refractivity contribution in [2.45, 2.75) is 18.0 Å². The summed E-state index contributed by atoms with van der Waals surface area (Å²) in [6.45, 7) is -0.339. The average molecular weight is 478 g/mol. The fraction of sp³-hybridized carbons (Fsp3) is 0.312. The number of hydrogen-bond acceptors (Lipinski definition) is 9. The number of ether oxygens (including phenoxy) is 1. The SMILES string of the molecule is Cc1cccc(S(=O)(=O)NC(=O)Nc2nc(OCC(F)(F)F)nc(N(C)C)n2)c1C(=O)O. The van der Waals surface area contributed by atoms with E-state index in [2.05, 4.69) is 19.7 Å². The minimum Gasteiger partial charge on any atom is -0.478 e. The fourth-order valence-corrected chi connectivity index (χ4v) is 3.44. The molecule has 2 aromatic rings. The molecule has 0 aliphatic carbocycles. The Morgan fingerprint density at radius 3 is 2.41 bits per heavy atom. The van der Waals surface area contributed by atoms with E-state index in [0.29, 0.717) is 0 Å². The highest BCUT2D eigenvalue weighted by Crippen LogP contribution is 2.20. The molecule has 0 aliphatic heterocycles. The third kappa shape index (κ3) is 6.40. The van der Waals surface area contributed by atoms with E-state index < -0.39 is 57.2 Å². The Labute approximate surface area is 179 Å². The lowest BCUT2D eigenvalue weighted by Crippen LogP contribution is -2.36. The number of carbonyl (C=O) groups excluding carboxylic acids is 1. The third-order valence-electron chi connectivity index (χ3n) is 3.56. The molecule has 2 amide bonds. The third-order valence-corrected chi connectivity index (χ3v) is 4.93. The first-order chi connectivity index (χ1) is 14.7. The number of nitrogens with one attached hydrogen (secondary N) is 2. The number of alkyl halides is 3. The lowest BCUT2D eigenvalue weighted by molar-refractivity contribution is -0.154. The molecule has 0 spiro atoms. The molecule has 0 saturated carbocycles. The second-order valence-corrected chi connectivity index (χ2v) is 8.00. The summed E-state index contributed by atoms with van der Waals surface area (Å²) in [5.74, 6) is -2.33. The molecular formula is C16H17F3N6O6S. The molecule has 1 heterocycles. The van der Waals surface area contributed by atoms with E-state index in [9.17, 15) is 36.3 Å². The van der Waals surface area contributed by atoms with E-state index in [0.717, 1.165) is 6.07 Å². The molecule has 0 radical (unpaired) electrons. The Hall–Kier alpha value is -3.69. The molecular weight excluding hydrogens is 461 g/mol. The Morgan fingerprint density at radius 2 is 1.84 bits per heavy atom. The minimum atomic E-state index is -4.68. The molecule has 12 nitrogen and oxygen atoms in total. The van der Waals surface area contributed by atoms with Crippen molar-refractivity contribution < 1.29 is 41.0 Å². The van der Waals surface area contributed by atoms with Crippen LogP contribution in [-0.4, -0.2) is 67.4 Å². The predicted octanol–water partition coefficient (Wildman–Crippen LogP) is 1.40. The summed E-state index contributed by atoms with van der Waals surface area (Å²) < 4.78 is 68.2. The number of halogens is 3. The van der Waals surface area contributed by atoms with Gasteiger partial charge in [0.2, 0.25) is 11.9 Å². The molecule has 0 aliphatic rings. The summed E-state index contributed by atoms with van der Waals surface area (Å²) in [4.78, 5) is 35.1. The molecule has 1 aromatic carbocycles. The summed E-state index contributed by atoms with van der Waals surface area (Å²) in [6.07, 6.45) is -4.68. The lowest BCUT2D eigenvalue weighted by atomic mass is 10.1. The highest BCUT2D eigenvalue weighted by Gasteiger charge is 2.30. The molecule has 1 aromatic heterocycles. The first-order valence-electron chi connectivity index (χ1n) is 8.49. The van der Waals surface area contributed by atoms with Gasteiger partial charge in [-0.1, -0.05) is 12.1 Å². The van der Waals surface area contributed by atoms with Gasteiger partial charge in [-0.05, 0) is 18.6 Å². The molecule has 3 N–H and O–H groups in total. The number of benzene rings is 1. The van der Waals surface area contributed by atoms with Crippen LogP contribution in [0.2, 0.25) is 0 Å². The van der Waals surface area contributed by atoms with E-state index in [1.807, 2.05) is 5.32 Å². The Bertz CT molecular complexity index is 1140. The summed E-state index contributed by atoms with van der Waals surface area (Å²) in [6, 6.07) is 1.47. The molecule has 0 fully saturated rings. The maximum absolute atomic E-state index is 12.5. The van der Waals surface area contributed by atoms with Crippen molar-refractivity contribution in [1.82, 2.24) is 19.7 Å². The standard InChI is InChI=1S/C16H17F3N6O6S/c1-8-5-4-6-9(10(8)11(26)27)32(29,30)24-14(28)21-12-20-13(25(2)3)23-15(22-12)31-7-16(17,18)19/h4-6H,7H2,1-3H3,(H,26,27)(H2,20,21,22,23,24,28). The van der Waals surface area contributed by atoms with Gasteiger partial charge in [0.05, 0.1) is 5.56 Å². The smallest absolute Gasteiger partial charge is 0.422 e. The van der Waals surface area contributed by atoms with Crippen molar-refractivity contribution in [1.29, 1.82) is 0 Å². The zero-order chi connectivity index (χ0) is 24.3. The van der Waals surface area contributed by atoms with Crippen LogP contribution in [0.25, 0.3) is 0 Å². The zero-order valence-corrected chi connectivity index (χ0v) is 17.6. The van der Waals surface area contributed by atoms with Crippen LogP contribution in [0.4, 0.5) is 29.9 Å². The van der Waals surface area contributed by atoms with Gasteiger partial charge in [-0.2, -0.15) is 28.1 Å². The monoisotopic (exact) mass is 478 g/mol. The molecule has 0 atom stereocenters. The van der Waals surface area contributed by atoms with Crippen molar-refractivity contribution in [2.24, 2.45) is 0 Å². The van der Waals surface area contributed by atoms with E-state index in [-0.39, 0.29) is 11.5 Å². The number of aromatic nitrogens is 3. The molecule has 32 heavy (non-hydrogen) atoms. The Balaban J connectivity index is 2.28. The highest BCUT2D eigenvalue weighted by molar-refractivity contribution is 7.90. The number of hydrogen-bond donors (Lipinski definition) is 3. The van der Waals surface area contributed by atoms with Gasteiger partial charge in [-0.25, -0.2) is 22.7 Å². The van der Waals surface area contributed by atoms with Gasteiger partial charge >= 0.3 is 24.2 Å². The van der Waals surface area contributed by atoms with Gasteiger partial charge in [-0.3, -0.25) is 5.32 Å². The number of rotatable bonds is 7. The van der Waals surface area contributed by atoms with Crippen LogP contribution in [-0.2, 0) is 10.0 Å². The molecule has 0 saturated heterocycles. The molecule has 16 heteroatoms. The first-order valence-corrected chi connectivity index (χ1v) is 9.97. The van der Waals surface area contributed by atoms with Crippen molar-refractivity contribution in [3.63, 3.8) is 0 Å². The molecule has 174 valence electrons. The van der Waals surface area contributed by atoms with Gasteiger partial charge in [0.25, 0.3) is 10.0 Å². The van der Waals surface area contributed by atoms with E-state index in [4.69, 9.17) is 0 Å². The number of carboxylic acids is 1. The topological polar surface area (TPSA) is 164 Å². The number of urea groups is 1. The molecule has 0 bridgehead atoms. The first kappa shape index (κ1) is 24.6. The van der Waals surface area contributed by atoms with Crippen molar-refractivity contribution in [3.05, 3.63) is 29.3 Å². The average Bonchev–Trinajstić information content (AvgIpc) is 2.64. The minimum absolute atomic E-state index is 0.139. The van der Waals surface area contributed by atoms with Crippen molar-refractivity contribution in [2.75, 3.05) is 30.9 Å². The number of amides is 2. The number of carbonyl (C=O) groups is 2. The largest absolute Gasteiger partial charge is 0.478 e. The maximum Gasteiger partial charge on any atom is 0.422 e. The van der Waals surface area contributed by atoms with E-state index in [1.54, 1.807) is 4.72 Å². The van der Waals surface area contributed by atoms with Gasteiger partial charge < -0.3 is 14.7 Å². The van der Waals surface area contributed by atoms with E-state index in [1.165, 1.54) is 38.1 Å². The van der Waals surface area contributed by atoms with Crippen LogP contribution in [0.15, 0.2) is 23.1 Å². The van der Waals surface area contributed by atoms with Crippen molar-refractivity contribution in [3.8, 4) is 6.01 Å². The number of sulfonamides is 1. The van der Waals surface area contributed by atoms with Crippen LogP contribution < -0.4 is 19.7 Å². The van der Waals surface area contributed by atoms with Crippen LogP contribution in [0.3, 0.4) is 0 Å². The summed E-state index contributed by atoms with van der Waals surface area (Å²) in [7, 11) is -1.75. The molecule has 0 unspecified atom stereocenters. The van der Waals surface area contributed by atoms with Crippen molar-refractivity contribution >= 4 is 33.9 Å². The van der Waals surface area contributed by atoms with E-state index >= 15 is 0 Å². The van der Waals surface area contributed by atoms with Crippen LogP contribution >= 0.6 is 0 Å². The number of aryl methyl sites for hydroxylation is 1. The zero-order valence-electron chi connectivity index (χ0n) is 16.8. The maximum atomic E-state index is 12.5. The molecule has 2 rings (SSSR count). The van der Waals surface area contributed by atoms with Crippen LogP contribution in [0.5, 0.6) is 6.01 Å². The normalized spacial score (nSPS) is 11.6. The quantitative estimate of drug-likeness (QED) is 0.530. The number of aromatic carboxylic acids is 1. The van der Waals surface area contributed by atoms with Gasteiger partial charge in [0, 0.05) is 14.1 Å². The number of anilines is 2. The highest BCUT2D eigenvalue weighted by atomic mass is 32.2. The summed E-state index contributed by atoms with van der Waals surface area (Å²) in [5, 5.41) is 11.2. The summed E-state index contributed by atoms with van der Waals surface area (Å²) >= 11 is 0. The van der Waals surface area contributed by atoms with Crippen LogP contribution in [0.1, 0.15) is 15.9 Å². The lowest BCUT2D eigenvalue weighted by Gasteiger charge is -2.14. The summed E-state index contributed by atoms with van der Waals surface area (Å²) in [5.41, 5.74) is -0.397. The van der Waals surface area contributed by atoms with Gasteiger partial charge in [-0.15, -0.1) is 0 Å². The number of nitrogens with zero attached hydrogens (tertiary/aromatic N) is 4. The predicted molar refractivity (Wildman–Crippen MR) is 103 cm³/mol. The second-order valence-electron chi connectivity index (χ2n) is 6.35. The Morgan fingerprint density at radius 1 is 1.19 bits per heavy atom. The second kappa shape index (κ2) is 9.21. The Kier molecular flexibility index (Phi) is 7.07.